The number of rotatable bonds is 7. The fraction of sp³-hybridized carbons (Fsp3) is 0.611. The van der Waals surface area contributed by atoms with Crippen LogP contribution in [0.25, 0.3) is 0 Å². The highest BCUT2D eigenvalue weighted by Gasteiger charge is 2.14. The Morgan fingerprint density at radius 3 is 2.52 bits per heavy atom. The molecule has 0 atom stereocenters. The number of para-hydroxylation sites is 1. The lowest BCUT2D eigenvalue weighted by atomic mass is 10.1. The van der Waals surface area contributed by atoms with Crippen molar-refractivity contribution in [3.63, 3.8) is 0 Å². The van der Waals surface area contributed by atoms with E-state index in [1.807, 2.05) is 18.2 Å². The van der Waals surface area contributed by atoms with Crippen molar-refractivity contribution in [2.45, 2.75) is 39.8 Å². The number of aliphatic imine (C=N–C) groups is 1. The molecule has 0 aliphatic rings. The zero-order valence-corrected chi connectivity index (χ0v) is 15.4. The molecule has 1 aromatic rings. The minimum atomic E-state index is -0.208. The third-order valence-corrected chi connectivity index (χ3v) is 3.38. The number of hydrogen-bond acceptors (Lipinski definition) is 3. The quantitative estimate of drug-likeness (QED) is 0.598. The Morgan fingerprint density at radius 2 is 1.91 bits per heavy atom. The molecule has 0 saturated carbocycles. The van der Waals surface area contributed by atoms with Crippen molar-refractivity contribution in [2.75, 3.05) is 33.7 Å². The average Bonchev–Trinajstić information content (AvgIpc) is 2.50. The normalized spacial score (nSPS) is 12.4. The summed E-state index contributed by atoms with van der Waals surface area (Å²) in [5.41, 5.74) is 0.914. The van der Waals surface area contributed by atoms with Crippen LogP contribution in [-0.2, 0) is 6.54 Å². The second-order valence-electron chi connectivity index (χ2n) is 6.57. The van der Waals surface area contributed by atoms with Crippen LogP contribution in [0, 0.1) is 0 Å². The highest BCUT2D eigenvalue weighted by atomic mass is 16.5. The van der Waals surface area contributed by atoms with Crippen molar-refractivity contribution in [1.29, 1.82) is 0 Å². The van der Waals surface area contributed by atoms with Crippen LogP contribution in [0.2, 0.25) is 0 Å². The van der Waals surface area contributed by atoms with Crippen LogP contribution in [-0.4, -0.2) is 50.2 Å². The van der Waals surface area contributed by atoms with E-state index in [4.69, 9.17) is 4.74 Å². The molecule has 0 heterocycles. The smallest absolute Gasteiger partial charge is 0.191 e. The maximum Gasteiger partial charge on any atom is 0.191 e. The summed E-state index contributed by atoms with van der Waals surface area (Å²) in [5.74, 6) is 1.72. The lowest BCUT2D eigenvalue weighted by Crippen LogP contribution is -2.40. The second kappa shape index (κ2) is 9.40. The van der Waals surface area contributed by atoms with Crippen molar-refractivity contribution in [2.24, 2.45) is 4.99 Å². The van der Waals surface area contributed by atoms with Crippen molar-refractivity contribution >= 4 is 5.96 Å². The molecule has 0 radical (unpaired) electrons. The Kier molecular flexibility index (Phi) is 7.89. The van der Waals surface area contributed by atoms with Crippen LogP contribution in [0.1, 0.15) is 33.3 Å². The zero-order chi connectivity index (χ0) is 17.3. The van der Waals surface area contributed by atoms with Gasteiger partial charge in [0.2, 0.25) is 0 Å². The van der Waals surface area contributed by atoms with E-state index in [1.165, 1.54) is 0 Å². The monoisotopic (exact) mass is 320 g/mol. The van der Waals surface area contributed by atoms with Gasteiger partial charge >= 0.3 is 0 Å². The van der Waals surface area contributed by atoms with Gasteiger partial charge in [0.15, 0.2) is 5.96 Å². The molecule has 0 spiro atoms. The van der Waals surface area contributed by atoms with Crippen molar-refractivity contribution in [3.05, 3.63) is 29.8 Å². The highest BCUT2D eigenvalue weighted by molar-refractivity contribution is 5.79. The minimum absolute atomic E-state index is 0.208. The van der Waals surface area contributed by atoms with Crippen LogP contribution >= 0.6 is 0 Å². The molecule has 130 valence electrons. The van der Waals surface area contributed by atoms with E-state index in [-0.39, 0.29) is 5.60 Å². The van der Waals surface area contributed by atoms with E-state index in [9.17, 15) is 0 Å². The van der Waals surface area contributed by atoms with Crippen molar-refractivity contribution < 1.29 is 4.74 Å². The van der Waals surface area contributed by atoms with E-state index in [0.29, 0.717) is 6.54 Å². The molecule has 5 heteroatoms. The first-order valence-corrected chi connectivity index (χ1v) is 8.25. The summed E-state index contributed by atoms with van der Waals surface area (Å²) < 4.78 is 6.02. The largest absolute Gasteiger partial charge is 0.488 e. The maximum absolute atomic E-state index is 6.02. The Bertz CT molecular complexity index is 494. The molecule has 0 aromatic heterocycles. The van der Waals surface area contributed by atoms with Gasteiger partial charge in [-0.2, -0.15) is 0 Å². The molecule has 1 rings (SSSR count). The third kappa shape index (κ3) is 7.88. The first-order valence-electron chi connectivity index (χ1n) is 8.25. The van der Waals surface area contributed by atoms with Crippen LogP contribution < -0.4 is 15.4 Å². The fourth-order valence-corrected chi connectivity index (χ4v) is 2.00. The van der Waals surface area contributed by atoms with Gasteiger partial charge in [0.05, 0.1) is 0 Å². The first-order chi connectivity index (χ1) is 10.9. The Hall–Kier alpha value is -1.75. The summed E-state index contributed by atoms with van der Waals surface area (Å²) in [6.07, 6.45) is 0. The number of guanidine groups is 1. The molecule has 23 heavy (non-hydrogen) atoms. The highest BCUT2D eigenvalue weighted by Crippen LogP contribution is 2.22. The molecule has 5 nitrogen and oxygen atoms in total. The molecule has 0 bridgehead atoms. The van der Waals surface area contributed by atoms with Crippen LogP contribution in [0.3, 0.4) is 0 Å². The molecule has 0 saturated heterocycles. The number of nitrogens with one attached hydrogen (secondary N) is 2. The van der Waals surface area contributed by atoms with Gasteiger partial charge in [-0.15, -0.1) is 0 Å². The molecule has 0 aliphatic heterocycles. The Balaban J connectivity index is 2.56. The number of benzene rings is 1. The summed E-state index contributed by atoms with van der Waals surface area (Å²) in [5, 5.41) is 6.67. The summed E-state index contributed by atoms with van der Waals surface area (Å²) in [4.78, 5) is 6.52. The maximum atomic E-state index is 6.02. The van der Waals surface area contributed by atoms with Crippen LogP contribution in [0.5, 0.6) is 5.75 Å². The lowest BCUT2D eigenvalue weighted by molar-refractivity contribution is 0.129. The van der Waals surface area contributed by atoms with Gasteiger partial charge in [-0.1, -0.05) is 25.1 Å². The Morgan fingerprint density at radius 1 is 1.22 bits per heavy atom. The predicted octanol–water partition coefficient (Wildman–Crippen LogP) is 2.48. The van der Waals surface area contributed by atoms with E-state index in [2.05, 4.69) is 61.3 Å². The van der Waals surface area contributed by atoms with E-state index in [0.717, 1.165) is 36.9 Å². The van der Waals surface area contributed by atoms with Gasteiger partial charge in [-0.05, 0) is 40.4 Å². The molecule has 0 amide bonds. The van der Waals surface area contributed by atoms with E-state index < -0.39 is 0 Å². The molecule has 1 aromatic carbocycles. The van der Waals surface area contributed by atoms with Gasteiger partial charge in [0, 0.05) is 32.2 Å². The van der Waals surface area contributed by atoms with E-state index in [1.54, 1.807) is 7.05 Å². The SMILES string of the molecule is CCN(C)CCNC(=NC)NCc1ccccc1OC(C)(C)C. The van der Waals surface area contributed by atoms with Gasteiger partial charge in [0.1, 0.15) is 11.4 Å². The van der Waals surface area contributed by atoms with Gasteiger partial charge in [0.25, 0.3) is 0 Å². The molecule has 0 aliphatic carbocycles. The summed E-state index contributed by atoms with van der Waals surface area (Å²) in [6.45, 7) is 11.9. The van der Waals surface area contributed by atoms with Gasteiger partial charge in [-0.3, -0.25) is 4.99 Å². The van der Waals surface area contributed by atoms with Crippen molar-refractivity contribution in [3.8, 4) is 5.75 Å². The number of nitrogens with zero attached hydrogens (tertiary/aromatic N) is 2. The van der Waals surface area contributed by atoms with Gasteiger partial charge < -0.3 is 20.3 Å². The third-order valence-electron chi connectivity index (χ3n) is 3.38. The zero-order valence-electron chi connectivity index (χ0n) is 15.4. The van der Waals surface area contributed by atoms with Crippen molar-refractivity contribution in [1.82, 2.24) is 15.5 Å². The molecule has 0 fully saturated rings. The number of hydrogen-bond donors (Lipinski definition) is 2. The lowest BCUT2D eigenvalue weighted by Gasteiger charge is -2.23. The summed E-state index contributed by atoms with van der Waals surface area (Å²) in [7, 11) is 3.90. The number of likely N-dealkylation sites (N-methyl/N-ethyl adjacent to an activating group) is 1. The summed E-state index contributed by atoms with van der Waals surface area (Å²) in [6, 6.07) is 8.11. The minimum Gasteiger partial charge on any atom is -0.488 e. The Labute approximate surface area is 141 Å². The first kappa shape index (κ1) is 19.3. The summed E-state index contributed by atoms with van der Waals surface area (Å²) >= 11 is 0. The molecular weight excluding hydrogens is 288 g/mol. The van der Waals surface area contributed by atoms with Gasteiger partial charge in [-0.25, -0.2) is 0 Å². The van der Waals surface area contributed by atoms with E-state index >= 15 is 0 Å². The van der Waals surface area contributed by atoms with Crippen LogP contribution in [0.15, 0.2) is 29.3 Å². The topological polar surface area (TPSA) is 48.9 Å². The number of ether oxygens (including phenoxy) is 1. The molecule has 0 unspecified atom stereocenters. The average molecular weight is 320 g/mol. The second-order valence-corrected chi connectivity index (χ2v) is 6.57. The van der Waals surface area contributed by atoms with Crippen LogP contribution in [0.4, 0.5) is 0 Å². The molecular formula is C18H32N4O. The fourth-order valence-electron chi connectivity index (χ4n) is 2.00. The predicted molar refractivity (Wildman–Crippen MR) is 98.2 cm³/mol. The molecule has 2 N–H and O–H groups in total. The standard InChI is InChI=1S/C18H32N4O/c1-7-22(6)13-12-20-17(19-5)21-14-15-10-8-9-11-16(15)23-18(2,3)4/h8-11H,7,12-14H2,1-6H3,(H2,19,20,21).